The van der Waals surface area contributed by atoms with Crippen LogP contribution in [0.4, 0.5) is 0 Å². The van der Waals surface area contributed by atoms with Crippen LogP contribution in [0.1, 0.15) is 11.1 Å². The fraction of sp³-hybridized carbons (Fsp3) is 0.143. The van der Waals surface area contributed by atoms with E-state index in [0.29, 0.717) is 37.8 Å². The molecule has 6 heteroatoms. The zero-order valence-corrected chi connectivity index (χ0v) is 14.7. The highest BCUT2D eigenvalue weighted by Crippen LogP contribution is 2.34. The highest BCUT2D eigenvalue weighted by Gasteiger charge is 2.11. The molecule has 0 radical (unpaired) electrons. The van der Waals surface area contributed by atoms with Crippen LogP contribution in [0.25, 0.3) is 0 Å². The first-order valence-corrected chi connectivity index (χ1v) is 8.25. The van der Waals surface area contributed by atoms with Gasteiger partial charge in [-0.3, -0.25) is 0 Å². The number of benzene rings is 2. The Hall–Kier alpha value is -0.120. The molecule has 0 unspecified atom stereocenters. The molecule has 0 bridgehead atoms. The minimum absolute atomic E-state index is 0.303. The van der Waals surface area contributed by atoms with Crippen molar-refractivity contribution in [3.05, 3.63) is 61.5 Å². The molecule has 0 aliphatic carbocycles. The third-order valence-corrected chi connectivity index (χ3v) is 4.31. The maximum atomic E-state index is 6.16. The number of hydrogen-bond donors (Lipinski definition) is 0. The van der Waals surface area contributed by atoms with Crippen molar-refractivity contribution in [3.63, 3.8) is 0 Å². The first-order valence-electron chi connectivity index (χ1n) is 5.62. The lowest BCUT2D eigenvalue weighted by atomic mass is 10.2. The summed E-state index contributed by atoms with van der Waals surface area (Å²) in [6.45, 7) is 0.303. The minimum atomic E-state index is 0.303. The Bertz CT molecular complexity index is 631. The number of alkyl halides is 1. The van der Waals surface area contributed by atoms with Gasteiger partial charge in [-0.2, -0.15) is 0 Å². The maximum Gasteiger partial charge on any atom is 0.142 e. The number of ether oxygens (including phenoxy) is 1. The van der Waals surface area contributed by atoms with Crippen molar-refractivity contribution in [2.75, 3.05) is 0 Å². The molecule has 2 aromatic rings. The van der Waals surface area contributed by atoms with Gasteiger partial charge < -0.3 is 4.74 Å². The van der Waals surface area contributed by atoms with Gasteiger partial charge in [0.25, 0.3) is 0 Å². The SMILES string of the molecule is Clc1ccc(COc2c(Cl)cc(Cl)cc2CBr)c(Cl)c1. The fourth-order valence-corrected chi connectivity index (χ4v) is 3.13. The van der Waals surface area contributed by atoms with E-state index in [1.807, 2.05) is 6.07 Å². The van der Waals surface area contributed by atoms with Crippen LogP contribution >= 0.6 is 62.3 Å². The van der Waals surface area contributed by atoms with E-state index in [1.165, 1.54) is 0 Å². The van der Waals surface area contributed by atoms with Gasteiger partial charge in [-0.1, -0.05) is 68.4 Å². The van der Waals surface area contributed by atoms with Gasteiger partial charge in [0.05, 0.1) is 5.02 Å². The molecule has 0 N–H and O–H groups in total. The first-order chi connectivity index (χ1) is 9.51. The number of hydrogen-bond acceptors (Lipinski definition) is 1. The van der Waals surface area contributed by atoms with Crippen molar-refractivity contribution >= 4 is 62.3 Å². The second-order valence-electron chi connectivity index (χ2n) is 4.03. The Balaban J connectivity index is 2.22. The summed E-state index contributed by atoms with van der Waals surface area (Å²) in [7, 11) is 0. The summed E-state index contributed by atoms with van der Waals surface area (Å²) >= 11 is 27.5. The minimum Gasteiger partial charge on any atom is -0.487 e. The lowest BCUT2D eigenvalue weighted by Crippen LogP contribution is -1.99. The summed E-state index contributed by atoms with van der Waals surface area (Å²) in [5.41, 5.74) is 1.72. The Labute approximate surface area is 145 Å². The van der Waals surface area contributed by atoms with E-state index in [1.54, 1.807) is 24.3 Å². The average molecular weight is 415 g/mol. The Morgan fingerprint density at radius 2 is 1.55 bits per heavy atom. The molecule has 20 heavy (non-hydrogen) atoms. The highest BCUT2D eigenvalue weighted by molar-refractivity contribution is 9.08. The van der Waals surface area contributed by atoms with Gasteiger partial charge in [0.2, 0.25) is 0 Å². The van der Waals surface area contributed by atoms with Crippen molar-refractivity contribution in [2.24, 2.45) is 0 Å². The third-order valence-electron chi connectivity index (χ3n) is 2.62. The van der Waals surface area contributed by atoms with E-state index < -0.39 is 0 Å². The summed E-state index contributed by atoms with van der Waals surface area (Å²) in [4.78, 5) is 0. The van der Waals surface area contributed by atoms with Gasteiger partial charge >= 0.3 is 0 Å². The van der Waals surface area contributed by atoms with Crippen LogP contribution in [-0.2, 0) is 11.9 Å². The molecular weight excluding hydrogens is 406 g/mol. The van der Waals surface area contributed by atoms with Crippen LogP contribution in [0.15, 0.2) is 30.3 Å². The second kappa shape index (κ2) is 7.24. The largest absolute Gasteiger partial charge is 0.487 e. The molecule has 0 aliphatic heterocycles. The van der Waals surface area contributed by atoms with E-state index in [2.05, 4.69) is 15.9 Å². The van der Waals surface area contributed by atoms with Crippen molar-refractivity contribution in [3.8, 4) is 5.75 Å². The molecule has 0 spiro atoms. The zero-order valence-electron chi connectivity index (χ0n) is 10.1. The molecule has 0 aromatic heterocycles. The van der Waals surface area contributed by atoms with Crippen LogP contribution in [0.5, 0.6) is 5.75 Å². The molecule has 1 nitrogen and oxygen atoms in total. The lowest BCUT2D eigenvalue weighted by Gasteiger charge is -2.13. The summed E-state index contributed by atoms with van der Waals surface area (Å²) in [5.74, 6) is 0.596. The molecular formula is C14H9BrCl4O. The molecule has 0 saturated heterocycles. The monoisotopic (exact) mass is 412 g/mol. The lowest BCUT2D eigenvalue weighted by molar-refractivity contribution is 0.304. The highest BCUT2D eigenvalue weighted by atomic mass is 79.9. The van der Waals surface area contributed by atoms with Gasteiger partial charge in [-0.15, -0.1) is 0 Å². The van der Waals surface area contributed by atoms with E-state index in [4.69, 9.17) is 51.1 Å². The molecule has 0 atom stereocenters. The van der Waals surface area contributed by atoms with Gasteiger partial charge in [0.15, 0.2) is 0 Å². The molecule has 106 valence electrons. The molecule has 0 saturated carbocycles. The van der Waals surface area contributed by atoms with Gasteiger partial charge in [-0.25, -0.2) is 0 Å². The van der Waals surface area contributed by atoms with Gasteiger partial charge in [0.1, 0.15) is 12.4 Å². The van der Waals surface area contributed by atoms with Crippen molar-refractivity contribution < 1.29 is 4.74 Å². The molecule has 0 fully saturated rings. The van der Waals surface area contributed by atoms with Crippen LogP contribution in [0.3, 0.4) is 0 Å². The number of rotatable bonds is 4. The standard InChI is InChI=1S/C14H9BrCl4O/c15-6-9-3-11(17)5-13(19)14(9)20-7-8-1-2-10(16)4-12(8)18/h1-5H,6-7H2. The van der Waals surface area contributed by atoms with E-state index in [-0.39, 0.29) is 0 Å². The smallest absolute Gasteiger partial charge is 0.142 e. The number of halogens is 5. The van der Waals surface area contributed by atoms with Crippen LogP contribution in [0, 0.1) is 0 Å². The summed E-state index contributed by atoms with van der Waals surface area (Å²) in [6, 6.07) is 8.72. The molecule has 2 aromatic carbocycles. The Morgan fingerprint density at radius 3 is 2.20 bits per heavy atom. The summed E-state index contributed by atoms with van der Waals surface area (Å²) < 4.78 is 5.77. The van der Waals surface area contributed by atoms with Crippen molar-refractivity contribution in [1.82, 2.24) is 0 Å². The van der Waals surface area contributed by atoms with Crippen LogP contribution < -0.4 is 4.74 Å². The van der Waals surface area contributed by atoms with E-state index in [9.17, 15) is 0 Å². The normalized spacial score (nSPS) is 10.7. The van der Waals surface area contributed by atoms with E-state index in [0.717, 1.165) is 11.1 Å². The molecule has 2 rings (SSSR count). The summed E-state index contributed by atoms with van der Waals surface area (Å²) in [6.07, 6.45) is 0. The molecule has 0 amide bonds. The quantitative estimate of drug-likeness (QED) is 0.501. The predicted molar refractivity (Wildman–Crippen MR) is 89.9 cm³/mol. The average Bonchev–Trinajstić information content (AvgIpc) is 2.38. The van der Waals surface area contributed by atoms with Gasteiger partial charge in [0, 0.05) is 31.5 Å². The topological polar surface area (TPSA) is 9.23 Å². The van der Waals surface area contributed by atoms with Crippen molar-refractivity contribution in [1.29, 1.82) is 0 Å². The second-order valence-corrected chi connectivity index (χ2v) is 6.28. The van der Waals surface area contributed by atoms with Crippen molar-refractivity contribution in [2.45, 2.75) is 11.9 Å². The third kappa shape index (κ3) is 3.96. The van der Waals surface area contributed by atoms with Crippen LogP contribution in [0.2, 0.25) is 20.1 Å². The van der Waals surface area contributed by atoms with Crippen LogP contribution in [-0.4, -0.2) is 0 Å². The summed E-state index contributed by atoms with van der Waals surface area (Å²) in [5, 5.41) is 2.78. The molecule has 0 aliphatic rings. The Kier molecular flexibility index (Phi) is 5.88. The fourth-order valence-electron chi connectivity index (χ4n) is 1.66. The van der Waals surface area contributed by atoms with Gasteiger partial charge in [-0.05, 0) is 24.3 Å². The zero-order chi connectivity index (χ0) is 14.7. The predicted octanol–water partition coefficient (Wildman–Crippen LogP) is 6.77. The Morgan fingerprint density at radius 1 is 0.850 bits per heavy atom. The van der Waals surface area contributed by atoms with E-state index >= 15 is 0 Å². The first kappa shape index (κ1) is 16.3. The maximum absolute atomic E-state index is 6.16. The molecule has 0 heterocycles.